The van der Waals surface area contributed by atoms with Crippen molar-refractivity contribution in [3.63, 3.8) is 0 Å². The molecule has 1 amide bonds. The molecule has 7 nitrogen and oxygen atoms in total. The molecule has 0 unspecified atom stereocenters. The number of oxazole rings is 1. The summed E-state index contributed by atoms with van der Waals surface area (Å²) >= 11 is 0. The van der Waals surface area contributed by atoms with Crippen LogP contribution in [0.4, 0.5) is 4.79 Å². The molecule has 0 radical (unpaired) electrons. The fourth-order valence-corrected chi connectivity index (χ4v) is 2.82. The quantitative estimate of drug-likeness (QED) is 0.473. The molecule has 1 N–H and O–H groups in total. The summed E-state index contributed by atoms with van der Waals surface area (Å²) in [7, 11) is 0. The predicted octanol–water partition coefficient (Wildman–Crippen LogP) is 4.27. The van der Waals surface area contributed by atoms with Gasteiger partial charge in [-0.15, -0.1) is 0 Å². The van der Waals surface area contributed by atoms with Gasteiger partial charge in [0, 0.05) is 19.0 Å². The smallest absolute Gasteiger partial charge is 0.407 e. The molecule has 4 rings (SSSR count). The van der Waals surface area contributed by atoms with Crippen molar-refractivity contribution in [3.05, 3.63) is 89.9 Å². The summed E-state index contributed by atoms with van der Waals surface area (Å²) in [6.45, 7) is 1.01. The van der Waals surface area contributed by atoms with E-state index in [0.29, 0.717) is 42.4 Å². The van der Waals surface area contributed by atoms with Gasteiger partial charge in [0.25, 0.3) is 0 Å². The van der Waals surface area contributed by atoms with Crippen LogP contribution in [0.25, 0.3) is 11.1 Å². The van der Waals surface area contributed by atoms with Crippen molar-refractivity contribution in [1.29, 1.82) is 0 Å². The van der Waals surface area contributed by atoms with Crippen molar-refractivity contribution in [2.75, 3.05) is 6.54 Å². The van der Waals surface area contributed by atoms with Crippen LogP contribution in [-0.4, -0.2) is 22.6 Å². The zero-order valence-electron chi connectivity index (χ0n) is 16.3. The summed E-state index contributed by atoms with van der Waals surface area (Å²) in [5.41, 5.74) is 3.23. The Labute approximate surface area is 173 Å². The number of nitrogens with zero attached hydrogens (tertiary/aromatic N) is 2. The lowest BCUT2D eigenvalue weighted by Crippen LogP contribution is -2.26. The van der Waals surface area contributed by atoms with Crippen molar-refractivity contribution in [2.24, 2.45) is 0 Å². The van der Waals surface area contributed by atoms with Crippen LogP contribution in [0.3, 0.4) is 0 Å². The highest BCUT2D eigenvalue weighted by Gasteiger charge is 2.09. The summed E-state index contributed by atoms with van der Waals surface area (Å²) in [6, 6.07) is 21.1. The molecule has 0 spiro atoms. The van der Waals surface area contributed by atoms with E-state index in [4.69, 9.17) is 13.9 Å². The zero-order chi connectivity index (χ0) is 20.6. The van der Waals surface area contributed by atoms with Gasteiger partial charge in [-0.05, 0) is 11.1 Å². The number of aromatic nitrogens is 2. The maximum Gasteiger partial charge on any atom is 0.407 e. The monoisotopic (exact) mass is 403 g/mol. The van der Waals surface area contributed by atoms with Gasteiger partial charge >= 0.3 is 6.09 Å². The van der Waals surface area contributed by atoms with Crippen LogP contribution >= 0.6 is 0 Å². The Kier molecular flexibility index (Phi) is 6.19. The first-order valence-electron chi connectivity index (χ1n) is 9.63. The number of hydrogen-bond donors (Lipinski definition) is 1. The Morgan fingerprint density at radius 3 is 2.40 bits per heavy atom. The lowest BCUT2D eigenvalue weighted by atomic mass is 10.2. The zero-order valence-corrected chi connectivity index (χ0v) is 16.3. The van der Waals surface area contributed by atoms with E-state index in [1.54, 1.807) is 12.3 Å². The molecule has 0 aliphatic carbocycles. The van der Waals surface area contributed by atoms with Crippen LogP contribution in [0.5, 0.6) is 5.88 Å². The van der Waals surface area contributed by atoms with Crippen molar-refractivity contribution < 1.29 is 18.7 Å². The van der Waals surface area contributed by atoms with Gasteiger partial charge in [0.1, 0.15) is 18.7 Å². The number of nitrogens with one attached hydrogen (secondary N) is 1. The topological polar surface area (TPSA) is 86.5 Å². The number of fused-ring (bicyclic) bond motifs is 1. The number of carbonyl (C=O) groups is 1. The molecule has 152 valence electrons. The number of carbonyl (C=O) groups excluding carboxylic acids is 1. The van der Waals surface area contributed by atoms with Crippen LogP contribution in [0, 0.1) is 0 Å². The van der Waals surface area contributed by atoms with E-state index in [9.17, 15) is 4.79 Å². The number of hydrogen-bond acceptors (Lipinski definition) is 6. The van der Waals surface area contributed by atoms with Crippen molar-refractivity contribution in [1.82, 2.24) is 15.3 Å². The molecule has 0 atom stereocenters. The van der Waals surface area contributed by atoms with Gasteiger partial charge in [-0.25, -0.2) is 14.8 Å². The molecule has 4 aromatic rings. The molecular formula is C23H21N3O4. The largest absolute Gasteiger partial charge is 0.473 e. The van der Waals surface area contributed by atoms with Gasteiger partial charge < -0.3 is 19.2 Å². The lowest BCUT2D eigenvalue weighted by molar-refractivity contribution is 0.139. The first kappa shape index (κ1) is 19.4. The molecule has 2 aromatic carbocycles. The van der Waals surface area contributed by atoms with Crippen LogP contribution in [-0.2, 0) is 24.4 Å². The molecule has 30 heavy (non-hydrogen) atoms. The Morgan fingerprint density at radius 2 is 1.67 bits per heavy atom. The summed E-state index contributed by atoms with van der Waals surface area (Å²) in [5.74, 6) is 0.979. The van der Waals surface area contributed by atoms with Crippen molar-refractivity contribution in [2.45, 2.75) is 19.6 Å². The number of alkyl carbamates (subject to hydrolysis) is 1. The average Bonchev–Trinajstić information content (AvgIpc) is 3.20. The van der Waals surface area contributed by atoms with Crippen LogP contribution in [0.1, 0.15) is 17.0 Å². The fraction of sp³-hybridized carbons (Fsp3) is 0.174. The number of benzene rings is 2. The molecule has 0 bridgehead atoms. The Balaban J connectivity index is 1.25. The fourth-order valence-electron chi connectivity index (χ4n) is 2.82. The van der Waals surface area contributed by atoms with Gasteiger partial charge in [0.15, 0.2) is 11.5 Å². The SMILES string of the molecule is O=C(NCCc1nc2cnc(OCc3ccccc3)cc2o1)OCc1ccccc1. The third-order valence-electron chi connectivity index (χ3n) is 4.34. The third kappa shape index (κ3) is 5.35. The summed E-state index contributed by atoms with van der Waals surface area (Å²) in [4.78, 5) is 20.4. The minimum atomic E-state index is -0.478. The van der Waals surface area contributed by atoms with E-state index in [1.165, 1.54) is 0 Å². The summed E-state index contributed by atoms with van der Waals surface area (Å²) in [5, 5.41) is 2.69. The van der Waals surface area contributed by atoms with Gasteiger partial charge in [0.2, 0.25) is 5.88 Å². The normalized spacial score (nSPS) is 10.7. The Morgan fingerprint density at radius 1 is 0.967 bits per heavy atom. The van der Waals surface area contributed by atoms with E-state index in [0.717, 1.165) is 11.1 Å². The van der Waals surface area contributed by atoms with E-state index in [-0.39, 0.29) is 6.61 Å². The second-order valence-corrected chi connectivity index (χ2v) is 6.61. The van der Waals surface area contributed by atoms with E-state index in [2.05, 4.69) is 15.3 Å². The molecule has 7 heteroatoms. The van der Waals surface area contributed by atoms with Gasteiger partial charge in [0.05, 0.1) is 6.20 Å². The molecule has 0 aliphatic rings. The first-order chi connectivity index (χ1) is 14.8. The number of amides is 1. The maximum absolute atomic E-state index is 11.8. The molecule has 0 saturated carbocycles. The molecule has 0 aliphatic heterocycles. The number of ether oxygens (including phenoxy) is 2. The summed E-state index contributed by atoms with van der Waals surface area (Å²) in [6.07, 6.45) is 1.58. The van der Waals surface area contributed by atoms with Gasteiger partial charge in [-0.1, -0.05) is 60.7 Å². The van der Waals surface area contributed by atoms with Crippen LogP contribution in [0.15, 0.2) is 77.3 Å². The van der Waals surface area contributed by atoms with Gasteiger partial charge in [-0.3, -0.25) is 0 Å². The summed E-state index contributed by atoms with van der Waals surface area (Å²) < 4.78 is 16.6. The second-order valence-electron chi connectivity index (χ2n) is 6.61. The average molecular weight is 403 g/mol. The minimum Gasteiger partial charge on any atom is -0.473 e. The Hall–Kier alpha value is -3.87. The van der Waals surface area contributed by atoms with E-state index in [1.807, 2.05) is 60.7 Å². The molecule has 2 heterocycles. The van der Waals surface area contributed by atoms with E-state index < -0.39 is 6.09 Å². The highest BCUT2D eigenvalue weighted by molar-refractivity contribution is 5.72. The highest BCUT2D eigenvalue weighted by atomic mass is 16.5. The van der Waals surface area contributed by atoms with Crippen molar-refractivity contribution >= 4 is 17.2 Å². The molecule has 0 saturated heterocycles. The lowest BCUT2D eigenvalue weighted by Gasteiger charge is -2.05. The minimum absolute atomic E-state index is 0.229. The van der Waals surface area contributed by atoms with Crippen LogP contribution in [0.2, 0.25) is 0 Å². The first-order valence-corrected chi connectivity index (χ1v) is 9.63. The van der Waals surface area contributed by atoms with E-state index >= 15 is 0 Å². The third-order valence-corrected chi connectivity index (χ3v) is 4.34. The highest BCUT2D eigenvalue weighted by Crippen LogP contribution is 2.20. The maximum atomic E-state index is 11.8. The molecule has 0 fully saturated rings. The predicted molar refractivity (Wildman–Crippen MR) is 111 cm³/mol. The molecule has 2 aromatic heterocycles. The van der Waals surface area contributed by atoms with Gasteiger partial charge in [-0.2, -0.15) is 0 Å². The second kappa shape index (κ2) is 9.56. The number of pyridine rings is 1. The Bertz CT molecular complexity index is 1100. The number of rotatable bonds is 8. The molecular weight excluding hydrogens is 382 g/mol. The standard InChI is InChI=1S/C23H21N3O4/c27-23(29-16-18-9-5-2-6-10-18)24-12-11-21-26-19-14-25-22(13-20(19)30-21)28-15-17-7-3-1-4-8-17/h1-10,13-14H,11-12,15-16H2,(H,24,27). The van der Waals surface area contributed by atoms with Crippen LogP contribution < -0.4 is 10.1 Å². The van der Waals surface area contributed by atoms with Crippen molar-refractivity contribution in [3.8, 4) is 5.88 Å².